The maximum atomic E-state index is 13.5. The highest BCUT2D eigenvalue weighted by Crippen LogP contribution is 2.26. The first-order valence-electron chi connectivity index (χ1n) is 11.0. The zero-order valence-corrected chi connectivity index (χ0v) is 20.6. The molecule has 3 aromatic carbocycles. The van der Waals surface area contributed by atoms with Gasteiger partial charge in [0, 0.05) is 18.3 Å². The molecule has 0 unspecified atom stereocenters. The number of halogens is 1. The Bertz CT molecular complexity index is 1530. The van der Waals surface area contributed by atoms with Crippen LogP contribution in [-0.4, -0.2) is 23.3 Å². The molecule has 0 radical (unpaired) electrons. The lowest BCUT2D eigenvalue weighted by atomic mass is 10.1. The summed E-state index contributed by atoms with van der Waals surface area (Å²) in [6, 6.07) is 17.5. The summed E-state index contributed by atoms with van der Waals surface area (Å²) in [4.78, 5) is 18.4. The average molecular weight is 524 g/mol. The van der Waals surface area contributed by atoms with Crippen LogP contribution in [0.3, 0.4) is 0 Å². The van der Waals surface area contributed by atoms with Gasteiger partial charge in [0.15, 0.2) is 0 Å². The Morgan fingerprint density at radius 1 is 1.00 bits per heavy atom. The van der Waals surface area contributed by atoms with Crippen molar-refractivity contribution in [2.45, 2.75) is 24.8 Å². The van der Waals surface area contributed by atoms with E-state index in [0.717, 1.165) is 29.8 Å². The highest BCUT2D eigenvalue weighted by Gasteiger charge is 2.17. The minimum atomic E-state index is -4.01. The van der Waals surface area contributed by atoms with E-state index in [9.17, 15) is 22.9 Å². The first kappa shape index (κ1) is 25.5. The number of hydrogen-bond donors (Lipinski definition) is 2. The average Bonchev–Trinajstić information content (AvgIpc) is 2.86. The number of hydrogen-bond acceptors (Lipinski definition) is 8. The smallest absolute Gasteiger partial charge is 0.269 e. The summed E-state index contributed by atoms with van der Waals surface area (Å²) >= 11 is 0. The van der Waals surface area contributed by atoms with Gasteiger partial charge in [-0.3, -0.25) is 14.8 Å². The monoisotopic (exact) mass is 523 g/mol. The molecule has 0 saturated carbocycles. The van der Waals surface area contributed by atoms with E-state index < -0.39 is 14.9 Å². The lowest BCUT2D eigenvalue weighted by Gasteiger charge is -2.16. The lowest BCUT2D eigenvalue weighted by molar-refractivity contribution is -0.384. The minimum Gasteiger partial charge on any atom is -0.457 e. The molecule has 0 saturated heterocycles. The summed E-state index contributed by atoms with van der Waals surface area (Å²) in [5.74, 6) is 1.04. The van der Waals surface area contributed by atoms with Crippen molar-refractivity contribution in [1.29, 1.82) is 0 Å². The molecule has 37 heavy (non-hydrogen) atoms. The Balaban J connectivity index is 1.41. The molecule has 10 nitrogen and oxygen atoms in total. The molecular weight excluding hydrogens is 501 g/mol. The second-order valence-corrected chi connectivity index (χ2v) is 9.75. The third-order valence-corrected chi connectivity index (χ3v) is 6.71. The van der Waals surface area contributed by atoms with Gasteiger partial charge in [0.2, 0.25) is 5.95 Å². The predicted molar refractivity (Wildman–Crippen MR) is 136 cm³/mol. The lowest BCUT2D eigenvalue weighted by Crippen LogP contribution is -2.15. The zero-order valence-electron chi connectivity index (χ0n) is 19.8. The molecule has 0 spiro atoms. The molecule has 4 aromatic rings. The second-order valence-electron chi connectivity index (χ2n) is 8.07. The van der Waals surface area contributed by atoms with Crippen LogP contribution >= 0.6 is 0 Å². The number of non-ortho nitro benzene ring substituents is 1. The molecule has 0 amide bonds. The molecule has 1 atom stereocenters. The van der Waals surface area contributed by atoms with Crippen LogP contribution in [-0.2, 0) is 10.0 Å². The summed E-state index contributed by atoms with van der Waals surface area (Å²) in [6.45, 7) is 3.55. The van der Waals surface area contributed by atoms with Gasteiger partial charge in [0.25, 0.3) is 15.7 Å². The van der Waals surface area contributed by atoms with Crippen molar-refractivity contribution in [3.63, 3.8) is 0 Å². The third kappa shape index (κ3) is 6.35. The van der Waals surface area contributed by atoms with Crippen molar-refractivity contribution in [3.05, 3.63) is 106 Å². The van der Waals surface area contributed by atoms with E-state index in [-0.39, 0.29) is 34.2 Å². The number of rotatable bonds is 9. The van der Waals surface area contributed by atoms with Crippen LogP contribution in [0.5, 0.6) is 11.5 Å². The van der Waals surface area contributed by atoms with Gasteiger partial charge in [-0.05, 0) is 73.5 Å². The SMILES string of the molecule is Cc1cc(Oc2ccc([C@H](C)Nc3nccc(NS(=O)(=O)c4ccc([N+](=O)[O-])cc4)n3)cc2)ccc1F. The number of nitrogens with one attached hydrogen (secondary N) is 2. The molecule has 190 valence electrons. The molecule has 0 bridgehead atoms. The normalized spacial score (nSPS) is 12.0. The van der Waals surface area contributed by atoms with Gasteiger partial charge in [-0.15, -0.1) is 0 Å². The summed E-state index contributed by atoms with van der Waals surface area (Å²) < 4.78 is 46.9. The van der Waals surface area contributed by atoms with E-state index in [1.54, 1.807) is 31.2 Å². The zero-order chi connectivity index (χ0) is 26.6. The van der Waals surface area contributed by atoms with Gasteiger partial charge in [-0.1, -0.05) is 12.1 Å². The summed E-state index contributed by atoms with van der Waals surface area (Å²) in [6.07, 6.45) is 1.40. The summed E-state index contributed by atoms with van der Waals surface area (Å²) in [5, 5.41) is 13.9. The van der Waals surface area contributed by atoms with Crippen LogP contribution in [0.2, 0.25) is 0 Å². The largest absolute Gasteiger partial charge is 0.457 e. The van der Waals surface area contributed by atoms with Crippen molar-refractivity contribution in [2.75, 3.05) is 10.0 Å². The predicted octanol–water partition coefficient (Wildman–Crippen LogP) is 5.60. The van der Waals surface area contributed by atoms with Gasteiger partial charge in [-0.2, -0.15) is 4.98 Å². The van der Waals surface area contributed by atoms with Crippen molar-refractivity contribution in [3.8, 4) is 11.5 Å². The number of sulfonamides is 1. The molecular formula is C25H22FN5O5S. The molecule has 0 aliphatic rings. The summed E-state index contributed by atoms with van der Waals surface area (Å²) in [5.41, 5.74) is 1.17. The fourth-order valence-corrected chi connectivity index (χ4v) is 4.35. The van der Waals surface area contributed by atoms with E-state index in [1.165, 1.54) is 18.3 Å². The van der Waals surface area contributed by atoms with Crippen molar-refractivity contribution in [1.82, 2.24) is 9.97 Å². The number of anilines is 2. The van der Waals surface area contributed by atoms with E-state index in [0.29, 0.717) is 17.1 Å². The second kappa shape index (κ2) is 10.6. The fourth-order valence-electron chi connectivity index (χ4n) is 3.35. The maximum absolute atomic E-state index is 13.5. The molecule has 0 aliphatic heterocycles. The van der Waals surface area contributed by atoms with E-state index >= 15 is 0 Å². The van der Waals surface area contributed by atoms with Gasteiger partial charge in [0.05, 0.1) is 15.9 Å². The summed E-state index contributed by atoms with van der Waals surface area (Å²) in [7, 11) is -4.01. The Labute approximate surface area is 212 Å². The van der Waals surface area contributed by atoms with Gasteiger partial charge in [-0.25, -0.2) is 17.8 Å². The van der Waals surface area contributed by atoms with Crippen LogP contribution in [0, 0.1) is 22.9 Å². The van der Waals surface area contributed by atoms with E-state index in [2.05, 4.69) is 20.0 Å². The van der Waals surface area contributed by atoms with Crippen LogP contribution in [0.15, 0.2) is 83.9 Å². The molecule has 0 aliphatic carbocycles. The van der Waals surface area contributed by atoms with Gasteiger partial charge >= 0.3 is 0 Å². The topological polar surface area (TPSA) is 136 Å². The number of nitro benzene ring substituents is 1. The third-order valence-electron chi connectivity index (χ3n) is 5.34. The van der Waals surface area contributed by atoms with Crippen LogP contribution in [0.1, 0.15) is 24.1 Å². The number of benzene rings is 3. The number of nitro groups is 1. The first-order valence-corrected chi connectivity index (χ1v) is 12.5. The Hall–Kier alpha value is -4.58. The van der Waals surface area contributed by atoms with Gasteiger partial charge in [0.1, 0.15) is 23.1 Å². The van der Waals surface area contributed by atoms with Crippen LogP contribution in [0.4, 0.5) is 21.8 Å². The molecule has 2 N–H and O–H groups in total. The Morgan fingerprint density at radius 3 is 2.32 bits per heavy atom. The number of nitrogens with zero attached hydrogens (tertiary/aromatic N) is 3. The Morgan fingerprint density at radius 2 is 1.68 bits per heavy atom. The van der Waals surface area contributed by atoms with Crippen molar-refractivity contribution < 1.29 is 22.5 Å². The highest BCUT2D eigenvalue weighted by atomic mass is 32.2. The number of ether oxygens (including phenoxy) is 1. The van der Waals surface area contributed by atoms with Crippen LogP contribution in [0.25, 0.3) is 0 Å². The molecule has 4 rings (SSSR count). The maximum Gasteiger partial charge on any atom is 0.269 e. The van der Waals surface area contributed by atoms with Gasteiger partial charge < -0.3 is 10.1 Å². The molecule has 12 heteroatoms. The highest BCUT2D eigenvalue weighted by molar-refractivity contribution is 7.92. The standard InChI is InChI=1S/C25H22FN5O5S/c1-16-15-21(9-12-23(16)26)36-20-7-3-18(4-8-20)17(2)28-25-27-14-13-24(29-25)30-37(34,35)22-10-5-19(6-11-22)31(32)33/h3-15,17H,1-2H3,(H2,27,28,29,30)/t17-/m0/s1. The quantitative estimate of drug-likeness (QED) is 0.214. The van der Waals surface area contributed by atoms with E-state index in [1.807, 2.05) is 19.1 Å². The molecule has 1 heterocycles. The fraction of sp³-hybridized carbons (Fsp3) is 0.120. The van der Waals surface area contributed by atoms with E-state index in [4.69, 9.17) is 4.74 Å². The number of aryl methyl sites for hydroxylation is 1. The molecule has 1 aromatic heterocycles. The first-order chi connectivity index (χ1) is 17.6. The van der Waals surface area contributed by atoms with Crippen molar-refractivity contribution >= 4 is 27.5 Å². The van der Waals surface area contributed by atoms with Crippen LogP contribution < -0.4 is 14.8 Å². The molecule has 0 fully saturated rings. The minimum absolute atomic E-state index is 0.0291. The Kier molecular flexibility index (Phi) is 7.30. The number of aromatic nitrogens is 2. The van der Waals surface area contributed by atoms with Crippen molar-refractivity contribution in [2.24, 2.45) is 0 Å².